The molecule has 2 nitrogen and oxygen atoms in total. The van der Waals surface area contributed by atoms with Gasteiger partial charge < -0.3 is 5.32 Å². The molecule has 0 aliphatic heterocycles. The summed E-state index contributed by atoms with van der Waals surface area (Å²) in [5.74, 6) is -1.28. The molecule has 0 fully saturated rings. The first-order valence-electron chi connectivity index (χ1n) is 5.64. The number of para-hydroxylation sites is 1. The van der Waals surface area contributed by atoms with Gasteiger partial charge in [-0.3, -0.25) is 4.79 Å². The number of rotatable bonds is 3. The first kappa shape index (κ1) is 13.0. The Hall–Kier alpha value is -2.49. The number of benzene rings is 2. The molecular formula is C15H11F2NO. The molecule has 2 rings (SSSR count). The highest BCUT2D eigenvalue weighted by molar-refractivity contribution is 6.01. The molecule has 19 heavy (non-hydrogen) atoms. The van der Waals surface area contributed by atoms with Gasteiger partial charge in [0.2, 0.25) is 5.91 Å². The quantitative estimate of drug-likeness (QED) is 0.838. The maximum absolute atomic E-state index is 13.3. The first-order valence-corrected chi connectivity index (χ1v) is 5.64. The van der Waals surface area contributed by atoms with Crippen molar-refractivity contribution in [3.05, 3.63) is 71.8 Å². The van der Waals surface area contributed by atoms with Crippen LogP contribution in [0, 0.1) is 11.6 Å². The normalized spacial score (nSPS) is 10.6. The minimum Gasteiger partial charge on any atom is -0.320 e. The monoisotopic (exact) mass is 259 g/mol. The van der Waals surface area contributed by atoms with E-state index < -0.39 is 11.7 Å². The van der Waals surface area contributed by atoms with Gasteiger partial charge in [-0.2, -0.15) is 0 Å². The van der Waals surface area contributed by atoms with Crippen molar-refractivity contribution < 1.29 is 13.6 Å². The largest absolute Gasteiger partial charge is 0.320 e. The Labute approximate surface area is 109 Å². The summed E-state index contributed by atoms with van der Waals surface area (Å²) in [5, 5.41) is 2.42. The van der Waals surface area contributed by atoms with Crippen molar-refractivity contribution in [1.29, 1.82) is 0 Å². The Bertz CT molecular complexity index is 606. The van der Waals surface area contributed by atoms with Gasteiger partial charge in [-0.1, -0.05) is 24.3 Å². The van der Waals surface area contributed by atoms with Gasteiger partial charge in [-0.15, -0.1) is 0 Å². The van der Waals surface area contributed by atoms with Crippen molar-refractivity contribution in [3.63, 3.8) is 0 Å². The van der Waals surface area contributed by atoms with Crippen molar-refractivity contribution in [3.8, 4) is 0 Å². The van der Waals surface area contributed by atoms with Gasteiger partial charge in [-0.05, 0) is 35.9 Å². The lowest BCUT2D eigenvalue weighted by Crippen LogP contribution is -2.08. The molecule has 4 heteroatoms. The van der Waals surface area contributed by atoms with Crippen molar-refractivity contribution >= 4 is 17.7 Å². The molecule has 0 saturated carbocycles. The SMILES string of the molecule is O=C(/C=C/c1ccc(F)cc1)Nc1ccccc1F. The average molecular weight is 259 g/mol. The Balaban J connectivity index is 2.02. The van der Waals surface area contributed by atoms with Gasteiger partial charge >= 0.3 is 0 Å². The summed E-state index contributed by atoms with van der Waals surface area (Å²) < 4.78 is 25.9. The van der Waals surface area contributed by atoms with E-state index in [1.165, 1.54) is 36.4 Å². The van der Waals surface area contributed by atoms with E-state index in [1.54, 1.807) is 24.3 Å². The van der Waals surface area contributed by atoms with E-state index >= 15 is 0 Å². The van der Waals surface area contributed by atoms with Crippen LogP contribution >= 0.6 is 0 Å². The van der Waals surface area contributed by atoms with E-state index in [-0.39, 0.29) is 11.5 Å². The summed E-state index contributed by atoms with van der Waals surface area (Å²) in [6.45, 7) is 0. The average Bonchev–Trinajstić information content (AvgIpc) is 2.41. The maximum Gasteiger partial charge on any atom is 0.248 e. The third kappa shape index (κ3) is 3.74. The molecule has 2 aromatic carbocycles. The number of amides is 1. The second kappa shape index (κ2) is 5.91. The van der Waals surface area contributed by atoms with Crippen molar-refractivity contribution in [2.45, 2.75) is 0 Å². The van der Waals surface area contributed by atoms with Crippen LogP contribution in [0.15, 0.2) is 54.6 Å². The second-order valence-electron chi connectivity index (χ2n) is 3.85. The zero-order valence-electron chi connectivity index (χ0n) is 9.94. The minimum absolute atomic E-state index is 0.122. The molecule has 0 spiro atoms. The number of hydrogen-bond donors (Lipinski definition) is 1. The van der Waals surface area contributed by atoms with E-state index in [0.717, 1.165) is 0 Å². The van der Waals surface area contributed by atoms with Crippen LogP contribution in [0.3, 0.4) is 0 Å². The molecule has 0 radical (unpaired) electrons. The summed E-state index contributed by atoms with van der Waals surface area (Å²) in [7, 11) is 0. The number of carbonyl (C=O) groups is 1. The number of hydrogen-bond acceptors (Lipinski definition) is 1. The van der Waals surface area contributed by atoms with Crippen LogP contribution in [0.1, 0.15) is 5.56 Å². The van der Waals surface area contributed by atoms with Gasteiger partial charge in [0.1, 0.15) is 11.6 Å². The number of nitrogens with one attached hydrogen (secondary N) is 1. The van der Waals surface area contributed by atoms with Crippen LogP contribution in [-0.4, -0.2) is 5.91 Å². The zero-order valence-corrected chi connectivity index (χ0v) is 9.94. The highest BCUT2D eigenvalue weighted by Crippen LogP contribution is 2.12. The minimum atomic E-state index is -0.494. The zero-order chi connectivity index (χ0) is 13.7. The van der Waals surface area contributed by atoms with Crippen LogP contribution in [0.2, 0.25) is 0 Å². The molecular weight excluding hydrogens is 248 g/mol. The molecule has 1 N–H and O–H groups in total. The van der Waals surface area contributed by atoms with E-state index in [0.29, 0.717) is 5.56 Å². The van der Waals surface area contributed by atoms with Crippen LogP contribution in [0.5, 0.6) is 0 Å². The van der Waals surface area contributed by atoms with Crippen molar-refractivity contribution in [1.82, 2.24) is 0 Å². The molecule has 0 heterocycles. The molecule has 0 aromatic heterocycles. The summed E-state index contributed by atoms with van der Waals surface area (Å²) >= 11 is 0. The van der Waals surface area contributed by atoms with Crippen LogP contribution < -0.4 is 5.32 Å². The molecule has 0 unspecified atom stereocenters. The third-order valence-corrected chi connectivity index (χ3v) is 2.43. The molecule has 0 aliphatic rings. The van der Waals surface area contributed by atoms with Gasteiger partial charge in [0.25, 0.3) is 0 Å². The fourth-order valence-corrected chi connectivity index (χ4v) is 1.48. The van der Waals surface area contributed by atoms with E-state index in [1.807, 2.05) is 0 Å². The Kier molecular flexibility index (Phi) is 4.03. The van der Waals surface area contributed by atoms with Crippen molar-refractivity contribution in [2.75, 3.05) is 5.32 Å². The highest BCUT2D eigenvalue weighted by atomic mass is 19.1. The standard InChI is InChI=1S/C15H11F2NO/c16-12-8-5-11(6-9-12)7-10-15(19)18-14-4-2-1-3-13(14)17/h1-10H,(H,18,19)/b10-7+. The Morgan fingerprint density at radius 2 is 1.68 bits per heavy atom. The molecule has 0 aliphatic carbocycles. The van der Waals surface area contributed by atoms with Crippen LogP contribution in [0.4, 0.5) is 14.5 Å². The topological polar surface area (TPSA) is 29.1 Å². The lowest BCUT2D eigenvalue weighted by atomic mass is 10.2. The molecule has 0 atom stereocenters. The van der Waals surface area contributed by atoms with Crippen LogP contribution in [-0.2, 0) is 4.79 Å². The second-order valence-corrected chi connectivity index (χ2v) is 3.85. The Morgan fingerprint density at radius 1 is 1.00 bits per heavy atom. The molecule has 0 bridgehead atoms. The fraction of sp³-hybridized carbons (Fsp3) is 0. The van der Waals surface area contributed by atoms with Gasteiger partial charge in [-0.25, -0.2) is 8.78 Å². The van der Waals surface area contributed by atoms with Gasteiger partial charge in [0.05, 0.1) is 5.69 Å². The molecule has 1 amide bonds. The lowest BCUT2D eigenvalue weighted by molar-refractivity contribution is -0.111. The third-order valence-electron chi connectivity index (χ3n) is 2.43. The maximum atomic E-state index is 13.3. The molecule has 96 valence electrons. The van der Waals surface area contributed by atoms with Gasteiger partial charge in [0.15, 0.2) is 0 Å². The molecule has 2 aromatic rings. The van der Waals surface area contributed by atoms with Gasteiger partial charge in [0, 0.05) is 6.08 Å². The predicted octanol–water partition coefficient (Wildman–Crippen LogP) is 3.62. The number of anilines is 1. The lowest BCUT2D eigenvalue weighted by Gasteiger charge is -2.02. The summed E-state index contributed by atoms with van der Waals surface area (Å²) in [6.07, 6.45) is 2.79. The van der Waals surface area contributed by atoms with Crippen LogP contribution in [0.25, 0.3) is 6.08 Å². The summed E-state index contributed by atoms with van der Waals surface area (Å²) in [4.78, 5) is 11.6. The Morgan fingerprint density at radius 3 is 2.37 bits per heavy atom. The van der Waals surface area contributed by atoms with E-state index in [9.17, 15) is 13.6 Å². The summed E-state index contributed by atoms with van der Waals surface area (Å²) in [6, 6.07) is 11.6. The highest BCUT2D eigenvalue weighted by Gasteiger charge is 2.02. The van der Waals surface area contributed by atoms with Crippen molar-refractivity contribution in [2.24, 2.45) is 0 Å². The summed E-state index contributed by atoms with van der Waals surface area (Å²) in [5.41, 5.74) is 0.807. The smallest absolute Gasteiger partial charge is 0.248 e. The number of halogens is 2. The van der Waals surface area contributed by atoms with E-state index in [4.69, 9.17) is 0 Å². The number of carbonyl (C=O) groups excluding carboxylic acids is 1. The predicted molar refractivity (Wildman–Crippen MR) is 70.5 cm³/mol. The first-order chi connectivity index (χ1) is 9.15. The fourth-order valence-electron chi connectivity index (χ4n) is 1.48. The van der Waals surface area contributed by atoms with E-state index in [2.05, 4.69) is 5.32 Å². The molecule has 0 saturated heterocycles.